The SMILES string of the molecule is CCc1ccccc1NC(=O)N1CC(=O)NCC1C(=O)O. The van der Waals surface area contributed by atoms with E-state index in [1.165, 1.54) is 0 Å². The number of nitrogens with zero attached hydrogens (tertiary/aromatic N) is 1. The van der Waals surface area contributed by atoms with Crippen LogP contribution in [0.3, 0.4) is 0 Å². The second-order valence-corrected chi connectivity index (χ2v) is 4.73. The van der Waals surface area contributed by atoms with Gasteiger partial charge in [-0.3, -0.25) is 9.69 Å². The molecular weight excluding hydrogens is 274 g/mol. The Balaban J connectivity index is 2.17. The van der Waals surface area contributed by atoms with Crippen LogP contribution in [0, 0.1) is 0 Å². The molecule has 2 rings (SSSR count). The fourth-order valence-electron chi connectivity index (χ4n) is 2.21. The van der Waals surface area contributed by atoms with Gasteiger partial charge in [0.15, 0.2) is 0 Å². The zero-order valence-corrected chi connectivity index (χ0v) is 11.6. The van der Waals surface area contributed by atoms with Crippen LogP contribution in [0.2, 0.25) is 0 Å². The number of aryl methyl sites for hydroxylation is 1. The second kappa shape index (κ2) is 6.25. The molecule has 1 aliphatic heterocycles. The summed E-state index contributed by atoms with van der Waals surface area (Å²) >= 11 is 0. The summed E-state index contributed by atoms with van der Waals surface area (Å²) in [7, 11) is 0. The van der Waals surface area contributed by atoms with Crippen LogP contribution >= 0.6 is 0 Å². The third kappa shape index (κ3) is 3.31. The Kier molecular flexibility index (Phi) is 4.42. The van der Waals surface area contributed by atoms with Gasteiger partial charge in [0.25, 0.3) is 0 Å². The molecule has 1 heterocycles. The summed E-state index contributed by atoms with van der Waals surface area (Å²) in [5, 5.41) is 14.3. The molecular formula is C14H17N3O4. The van der Waals surface area contributed by atoms with E-state index in [1.54, 1.807) is 12.1 Å². The first-order chi connectivity index (χ1) is 10.0. The van der Waals surface area contributed by atoms with Crippen molar-refractivity contribution in [3.63, 3.8) is 0 Å². The molecule has 1 fully saturated rings. The van der Waals surface area contributed by atoms with E-state index in [1.807, 2.05) is 19.1 Å². The van der Waals surface area contributed by atoms with E-state index >= 15 is 0 Å². The number of benzene rings is 1. The summed E-state index contributed by atoms with van der Waals surface area (Å²) in [6.07, 6.45) is 0.735. The highest BCUT2D eigenvalue weighted by Gasteiger charge is 2.35. The predicted molar refractivity (Wildman–Crippen MR) is 76.0 cm³/mol. The molecule has 0 radical (unpaired) electrons. The van der Waals surface area contributed by atoms with E-state index in [0.29, 0.717) is 5.69 Å². The van der Waals surface area contributed by atoms with Gasteiger partial charge < -0.3 is 15.7 Å². The maximum absolute atomic E-state index is 12.3. The monoisotopic (exact) mass is 291 g/mol. The maximum Gasteiger partial charge on any atom is 0.328 e. The van der Waals surface area contributed by atoms with Gasteiger partial charge in [-0.2, -0.15) is 0 Å². The van der Waals surface area contributed by atoms with Crippen LogP contribution in [0.1, 0.15) is 12.5 Å². The van der Waals surface area contributed by atoms with Crippen molar-refractivity contribution < 1.29 is 19.5 Å². The molecule has 112 valence electrons. The number of hydrogen-bond acceptors (Lipinski definition) is 3. The Labute approximate surface area is 121 Å². The van der Waals surface area contributed by atoms with Gasteiger partial charge in [-0.15, -0.1) is 0 Å². The van der Waals surface area contributed by atoms with E-state index in [9.17, 15) is 14.4 Å². The van der Waals surface area contributed by atoms with Gasteiger partial charge in [0.05, 0.1) is 0 Å². The predicted octanol–water partition coefficient (Wildman–Crippen LogP) is 0.666. The number of carbonyl (C=O) groups excluding carboxylic acids is 2. The lowest BCUT2D eigenvalue weighted by molar-refractivity contribution is -0.144. The summed E-state index contributed by atoms with van der Waals surface area (Å²) in [5.74, 6) is -1.51. The van der Waals surface area contributed by atoms with E-state index < -0.39 is 18.0 Å². The lowest BCUT2D eigenvalue weighted by Gasteiger charge is -2.32. The lowest BCUT2D eigenvalue weighted by Crippen LogP contribution is -2.60. The topological polar surface area (TPSA) is 98.7 Å². The van der Waals surface area contributed by atoms with Crippen LogP contribution in [0.4, 0.5) is 10.5 Å². The molecule has 7 nitrogen and oxygen atoms in total. The minimum absolute atomic E-state index is 0.0863. The number of piperazine rings is 1. The minimum Gasteiger partial charge on any atom is -0.480 e. The van der Waals surface area contributed by atoms with Crippen molar-refractivity contribution in [1.82, 2.24) is 10.2 Å². The highest BCUT2D eigenvalue weighted by atomic mass is 16.4. The number of aliphatic carboxylic acids is 1. The maximum atomic E-state index is 12.3. The van der Waals surface area contributed by atoms with Crippen LogP contribution in [0.25, 0.3) is 0 Å². The van der Waals surface area contributed by atoms with Crippen molar-refractivity contribution >= 4 is 23.6 Å². The molecule has 0 aliphatic carbocycles. The van der Waals surface area contributed by atoms with Crippen LogP contribution in [0.5, 0.6) is 0 Å². The van der Waals surface area contributed by atoms with Crippen molar-refractivity contribution in [3.05, 3.63) is 29.8 Å². The molecule has 7 heteroatoms. The highest BCUT2D eigenvalue weighted by Crippen LogP contribution is 2.17. The summed E-state index contributed by atoms with van der Waals surface area (Å²) in [5.41, 5.74) is 1.57. The van der Waals surface area contributed by atoms with Gasteiger partial charge in [0.1, 0.15) is 12.6 Å². The quantitative estimate of drug-likeness (QED) is 0.762. The molecule has 3 N–H and O–H groups in total. The van der Waals surface area contributed by atoms with Crippen LogP contribution in [0.15, 0.2) is 24.3 Å². The van der Waals surface area contributed by atoms with Crippen LogP contribution < -0.4 is 10.6 Å². The fraction of sp³-hybridized carbons (Fsp3) is 0.357. The summed E-state index contributed by atoms with van der Waals surface area (Å²) < 4.78 is 0. The smallest absolute Gasteiger partial charge is 0.328 e. The molecule has 1 atom stereocenters. The van der Waals surface area contributed by atoms with Gasteiger partial charge in [-0.05, 0) is 18.1 Å². The zero-order valence-electron chi connectivity index (χ0n) is 11.6. The first-order valence-electron chi connectivity index (χ1n) is 6.68. The zero-order chi connectivity index (χ0) is 15.4. The average Bonchev–Trinajstić information content (AvgIpc) is 2.47. The van der Waals surface area contributed by atoms with E-state index in [0.717, 1.165) is 16.9 Å². The first-order valence-corrected chi connectivity index (χ1v) is 6.68. The average molecular weight is 291 g/mol. The molecule has 1 unspecified atom stereocenters. The van der Waals surface area contributed by atoms with Gasteiger partial charge in [0.2, 0.25) is 5.91 Å². The Morgan fingerprint density at radius 2 is 2.14 bits per heavy atom. The summed E-state index contributed by atoms with van der Waals surface area (Å²) in [4.78, 5) is 35.9. The van der Waals surface area contributed by atoms with Gasteiger partial charge in [-0.25, -0.2) is 9.59 Å². The number of carbonyl (C=O) groups is 3. The van der Waals surface area contributed by atoms with Gasteiger partial charge in [-0.1, -0.05) is 25.1 Å². The number of carboxylic acid groups (broad SMARTS) is 1. The number of amides is 3. The molecule has 1 aromatic carbocycles. The molecule has 0 aromatic heterocycles. The Bertz CT molecular complexity index is 573. The standard InChI is InChI=1S/C14H17N3O4/c1-2-9-5-3-4-6-10(9)16-14(21)17-8-12(18)15-7-11(17)13(19)20/h3-6,11H,2,7-8H2,1H3,(H,15,18)(H,16,21)(H,19,20). The number of nitrogens with one attached hydrogen (secondary N) is 2. The number of rotatable bonds is 3. The van der Waals surface area contributed by atoms with E-state index in [-0.39, 0.29) is 19.0 Å². The van der Waals surface area contributed by atoms with Crippen molar-refractivity contribution in [3.8, 4) is 0 Å². The minimum atomic E-state index is -1.14. The molecule has 1 aliphatic rings. The molecule has 3 amide bonds. The summed E-state index contributed by atoms with van der Waals surface area (Å²) in [6.45, 7) is 1.60. The third-order valence-electron chi connectivity index (χ3n) is 3.37. The van der Waals surface area contributed by atoms with Crippen molar-refractivity contribution in [2.24, 2.45) is 0 Å². The number of anilines is 1. The van der Waals surface area contributed by atoms with Crippen molar-refractivity contribution in [2.45, 2.75) is 19.4 Å². The Morgan fingerprint density at radius 3 is 2.81 bits per heavy atom. The highest BCUT2D eigenvalue weighted by molar-refractivity contribution is 5.96. The largest absolute Gasteiger partial charge is 0.480 e. The lowest BCUT2D eigenvalue weighted by atomic mass is 10.1. The Morgan fingerprint density at radius 1 is 1.43 bits per heavy atom. The molecule has 21 heavy (non-hydrogen) atoms. The van der Waals surface area contributed by atoms with Crippen molar-refractivity contribution in [2.75, 3.05) is 18.4 Å². The normalized spacial score (nSPS) is 18.0. The third-order valence-corrected chi connectivity index (χ3v) is 3.37. The number of carboxylic acids is 1. The second-order valence-electron chi connectivity index (χ2n) is 4.73. The first kappa shape index (κ1) is 14.8. The summed E-state index contributed by atoms with van der Waals surface area (Å²) in [6, 6.07) is 5.63. The van der Waals surface area contributed by atoms with E-state index in [2.05, 4.69) is 10.6 Å². The number of para-hydroxylation sites is 1. The van der Waals surface area contributed by atoms with Gasteiger partial charge >= 0.3 is 12.0 Å². The van der Waals surface area contributed by atoms with Gasteiger partial charge in [0, 0.05) is 12.2 Å². The fourth-order valence-corrected chi connectivity index (χ4v) is 2.21. The number of urea groups is 1. The molecule has 1 saturated heterocycles. The molecule has 0 spiro atoms. The molecule has 0 saturated carbocycles. The number of hydrogen-bond donors (Lipinski definition) is 3. The molecule has 1 aromatic rings. The van der Waals surface area contributed by atoms with E-state index in [4.69, 9.17) is 5.11 Å². The molecule has 0 bridgehead atoms. The Hall–Kier alpha value is -2.57. The van der Waals surface area contributed by atoms with Crippen LogP contribution in [-0.2, 0) is 16.0 Å². The van der Waals surface area contributed by atoms with Crippen LogP contribution in [-0.4, -0.2) is 47.0 Å². The van der Waals surface area contributed by atoms with Crippen molar-refractivity contribution in [1.29, 1.82) is 0 Å².